The van der Waals surface area contributed by atoms with Gasteiger partial charge in [0.25, 0.3) is 5.91 Å². The van der Waals surface area contributed by atoms with Gasteiger partial charge in [-0.1, -0.05) is 19.1 Å². The van der Waals surface area contributed by atoms with Crippen LogP contribution in [0, 0.1) is 27.9 Å². The number of rotatable bonds is 8. The van der Waals surface area contributed by atoms with E-state index in [4.69, 9.17) is 4.74 Å². The van der Waals surface area contributed by atoms with Gasteiger partial charge >= 0.3 is 5.69 Å². The van der Waals surface area contributed by atoms with Crippen molar-refractivity contribution < 1.29 is 14.5 Å². The van der Waals surface area contributed by atoms with Crippen LogP contribution in [0.1, 0.15) is 61.5 Å². The lowest BCUT2D eigenvalue weighted by Gasteiger charge is -2.56. The lowest BCUT2D eigenvalue weighted by molar-refractivity contribution is -0.385. The number of aryl methyl sites for hydroxylation is 1. The Morgan fingerprint density at radius 1 is 1.14 bits per heavy atom. The van der Waals surface area contributed by atoms with Crippen molar-refractivity contribution in [1.82, 2.24) is 19.6 Å². The molecule has 2 heterocycles. The number of aromatic nitrogens is 4. The molecule has 10 heteroatoms. The van der Waals surface area contributed by atoms with E-state index in [1.165, 1.54) is 37.2 Å². The molecule has 0 saturated heterocycles. The van der Waals surface area contributed by atoms with Gasteiger partial charge in [0.1, 0.15) is 11.9 Å². The molecular formula is C26H30N6O4. The predicted molar refractivity (Wildman–Crippen MR) is 132 cm³/mol. The van der Waals surface area contributed by atoms with Crippen molar-refractivity contribution in [2.45, 2.75) is 64.1 Å². The number of carbonyl (C=O) groups is 1. The van der Waals surface area contributed by atoms with Crippen LogP contribution >= 0.6 is 0 Å². The van der Waals surface area contributed by atoms with E-state index in [2.05, 4.69) is 22.4 Å². The average Bonchev–Trinajstić information content (AvgIpc) is 3.50. The topological polar surface area (TPSA) is 117 Å². The standard InChI is InChI=1S/C26H30N6O4/c1-2-17-3-5-22(6-4-17)36-16-30-14-21(13-27-30)28-25(33)24-23(32(34)35)15-31(29-24)26-10-18-7-19(11-26)9-20(8-18)12-26/h3-6,13-15,18-20H,2,7-12,16H2,1H3,(H,28,33). The second-order valence-corrected chi connectivity index (χ2v) is 10.7. The molecule has 10 nitrogen and oxygen atoms in total. The van der Waals surface area contributed by atoms with E-state index < -0.39 is 10.8 Å². The Hall–Kier alpha value is -3.69. The highest BCUT2D eigenvalue weighted by Gasteiger charge is 2.53. The van der Waals surface area contributed by atoms with Crippen LogP contribution in [0.5, 0.6) is 5.75 Å². The first-order chi connectivity index (χ1) is 17.4. The summed E-state index contributed by atoms with van der Waals surface area (Å²) in [5.41, 5.74) is 1.04. The Balaban J connectivity index is 1.16. The Labute approximate surface area is 208 Å². The van der Waals surface area contributed by atoms with Crippen molar-refractivity contribution in [3.63, 3.8) is 0 Å². The van der Waals surface area contributed by atoms with Crippen LogP contribution in [0.3, 0.4) is 0 Å². The molecule has 0 atom stereocenters. The molecule has 4 fully saturated rings. The summed E-state index contributed by atoms with van der Waals surface area (Å²) in [6, 6.07) is 7.84. The van der Waals surface area contributed by atoms with E-state index in [0.29, 0.717) is 23.4 Å². The molecule has 0 spiro atoms. The zero-order valence-electron chi connectivity index (χ0n) is 20.3. The molecule has 4 aliphatic carbocycles. The fraction of sp³-hybridized carbons (Fsp3) is 0.500. The Morgan fingerprint density at radius 3 is 2.42 bits per heavy atom. The largest absolute Gasteiger partial charge is 0.471 e. The van der Waals surface area contributed by atoms with Gasteiger partial charge in [-0.25, -0.2) is 4.68 Å². The van der Waals surface area contributed by atoms with Crippen LogP contribution in [0.15, 0.2) is 42.9 Å². The van der Waals surface area contributed by atoms with Crippen LogP contribution < -0.4 is 10.1 Å². The maximum atomic E-state index is 13.1. The average molecular weight is 491 g/mol. The van der Waals surface area contributed by atoms with Crippen LogP contribution in [-0.2, 0) is 18.7 Å². The van der Waals surface area contributed by atoms with Crippen molar-refractivity contribution in [1.29, 1.82) is 0 Å². The molecule has 3 aromatic rings. The summed E-state index contributed by atoms with van der Waals surface area (Å²) < 4.78 is 9.05. The lowest BCUT2D eigenvalue weighted by atomic mass is 9.53. The molecule has 0 radical (unpaired) electrons. The molecular weight excluding hydrogens is 460 g/mol. The number of nitro groups is 1. The van der Waals surface area contributed by atoms with Gasteiger partial charge in [0.05, 0.1) is 28.5 Å². The Bertz CT molecular complexity index is 1260. The van der Waals surface area contributed by atoms with E-state index in [9.17, 15) is 14.9 Å². The number of anilines is 1. The first kappa shape index (κ1) is 22.8. The predicted octanol–water partition coefficient (Wildman–Crippen LogP) is 4.76. The number of ether oxygens (including phenoxy) is 1. The number of nitrogens with one attached hydrogen (secondary N) is 1. The fourth-order valence-corrected chi connectivity index (χ4v) is 6.90. The van der Waals surface area contributed by atoms with Crippen LogP contribution in [-0.4, -0.2) is 30.4 Å². The van der Waals surface area contributed by atoms with Crippen molar-refractivity contribution in [2.75, 3.05) is 5.32 Å². The minimum atomic E-state index is -0.610. The highest BCUT2D eigenvalue weighted by Crippen LogP contribution is 2.58. The summed E-state index contributed by atoms with van der Waals surface area (Å²) in [6.45, 7) is 2.26. The third-order valence-electron chi connectivity index (χ3n) is 8.18. The highest BCUT2D eigenvalue weighted by atomic mass is 16.6. The van der Waals surface area contributed by atoms with Gasteiger partial charge in [-0.05, 0) is 80.4 Å². The monoisotopic (exact) mass is 490 g/mol. The molecule has 188 valence electrons. The summed E-state index contributed by atoms with van der Waals surface area (Å²) in [7, 11) is 0. The minimum absolute atomic E-state index is 0.157. The smallest absolute Gasteiger partial charge is 0.320 e. The third-order valence-corrected chi connectivity index (χ3v) is 8.18. The van der Waals surface area contributed by atoms with Gasteiger partial charge in [0.2, 0.25) is 5.69 Å². The molecule has 0 unspecified atom stereocenters. The van der Waals surface area contributed by atoms with E-state index in [1.54, 1.807) is 15.6 Å². The summed E-state index contributed by atoms with van der Waals surface area (Å²) in [5.74, 6) is 2.10. The maximum absolute atomic E-state index is 13.1. The van der Waals surface area contributed by atoms with Crippen molar-refractivity contribution >= 4 is 17.3 Å². The molecule has 0 aliphatic heterocycles. The quantitative estimate of drug-likeness (QED) is 0.359. The van der Waals surface area contributed by atoms with Crippen molar-refractivity contribution in [3.05, 3.63) is 64.2 Å². The van der Waals surface area contributed by atoms with Gasteiger partial charge in [0, 0.05) is 0 Å². The normalized spacial score (nSPS) is 26.2. The van der Waals surface area contributed by atoms with Gasteiger partial charge in [-0.3, -0.25) is 19.6 Å². The second-order valence-electron chi connectivity index (χ2n) is 10.7. The summed E-state index contributed by atoms with van der Waals surface area (Å²) in [4.78, 5) is 24.4. The molecule has 7 rings (SSSR count). The summed E-state index contributed by atoms with van der Waals surface area (Å²) >= 11 is 0. The fourth-order valence-electron chi connectivity index (χ4n) is 6.90. The molecule has 4 bridgehead atoms. The number of amides is 1. The van der Waals surface area contributed by atoms with E-state index in [0.717, 1.165) is 31.4 Å². The van der Waals surface area contributed by atoms with Gasteiger partial charge in [-0.15, -0.1) is 0 Å². The maximum Gasteiger partial charge on any atom is 0.320 e. The Morgan fingerprint density at radius 2 is 1.81 bits per heavy atom. The first-order valence-corrected chi connectivity index (χ1v) is 12.7. The van der Waals surface area contributed by atoms with E-state index in [1.807, 2.05) is 24.3 Å². The highest BCUT2D eigenvalue weighted by molar-refractivity contribution is 6.05. The number of hydrogen-bond acceptors (Lipinski definition) is 6. The van der Waals surface area contributed by atoms with Crippen molar-refractivity contribution in [2.24, 2.45) is 17.8 Å². The number of nitrogens with zero attached hydrogens (tertiary/aromatic N) is 5. The minimum Gasteiger partial charge on any atom is -0.471 e. The molecule has 1 amide bonds. The van der Waals surface area contributed by atoms with E-state index >= 15 is 0 Å². The van der Waals surface area contributed by atoms with E-state index in [-0.39, 0.29) is 23.7 Å². The number of hydrogen-bond donors (Lipinski definition) is 1. The van der Waals surface area contributed by atoms with Gasteiger partial charge in [-0.2, -0.15) is 10.2 Å². The van der Waals surface area contributed by atoms with Crippen LogP contribution in [0.2, 0.25) is 0 Å². The van der Waals surface area contributed by atoms with Gasteiger partial charge < -0.3 is 10.1 Å². The lowest BCUT2D eigenvalue weighted by Crippen LogP contribution is -2.52. The molecule has 1 aromatic carbocycles. The van der Waals surface area contributed by atoms with Gasteiger partial charge in [0.15, 0.2) is 6.73 Å². The molecule has 4 aliphatic rings. The second kappa shape index (κ2) is 8.76. The number of carbonyl (C=O) groups excluding carboxylic acids is 1. The van der Waals surface area contributed by atoms with Crippen LogP contribution in [0.25, 0.3) is 0 Å². The zero-order valence-corrected chi connectivity index (χ0v) is 20.3. The molecule has 4 saturated carbocycles. The number of benzene rings is 1. The SMILES string of the molecule is CCc1ccc(OCn2cc(NC(=O)c3nn(C45CC6CC(CC(C6)C4)C5)cc3[N+](=O)[O-])cn2)cc1. The molecule has 2 aromatic heterocycles. The molecule has 36 heavy (non-hydrogen) atoms. The Kier molecular flexibility index (Phi) is 5.54. The first-order valence-electron chi connectivity index (χ1n) is 12.7. The third kappa shape index (κ3) is 4.14. The molecule has 1 N–H and O–H groups in total. The summed E-state index contributed by atoms with van der Waals surface area (Å²) in [6.07, 6.45) is 12.3. The zero-order chi connectivity index (χ0) is 24.9. The van der Waals surface area contributed by atoms with Crippen molar-refractivity contribution in [3.8, 4) is 5.75 Å². The van der Waals surface area contributed by atoms with Crippen LogP contribution in [0.4, 0.5) is 11.4 Å². The summed E-state index contributed by atoms with van der Waals surface area (Å²) in [5, 5.41) is 23.3.